The molecule has 1 atom stereocenters. The SMILES string of the molecule is C[C@@H](Sc1nncn1C)C(=O)NC1(c2cccc(Br)c2)CCC1. The monoisotopic (exact) mass is 394 g/mol. The van der Waals surface area contributed by atoms with Gasteiger partial charge in [-0.2, -0.15) is 0 Å². The van der Waals surface area contributed by atoms with E-state index >= 15 is 0 Å². The fourth-order valence-corrected chi connectivity index (χ4v) is 3.92. The Kier molecular flexibility index (Phi) is 4.77. The predicted octanol–water partition coefficient (Wildman–Crippen LogP) is 3.25. The van der Waals surface area contributed by atoms with E-state index in [0.717, 1.165) is 28.9 Å². The van der Waals surface area contributed by atoms with Gasteiger partial charge in [0.2, 0.25) is 5.91 Å². The minimum atomic E-state index is -0.227. The Morgan fingerprint density at radius 2 is 2.26 bits per heavy atom. The van der Waals surface area contributed by atoms with E-state index < -0.39 is 0 Å². The summed E-state index contributed by atoms with van der Waals surface area (Å²) in [5.74, 6) is 0.0395. The van der Waals surface area contributed by atoms with Gasteiger partial charge in [-0.25, -0.2) is 0 Å². The Labute approximate surface area is 148 Å². The quantitative estimate of drug-likeness (QED) is 0.790. The molecule has 1 N–H and O–H groups in total. The number of aromatic nitrogens is 3. The minimum absolute atomic E-state index is 0.0395. The van der Waals surface area contributed by atoms with E-state index in [0.29, 0.717) is 0 Å². The van der Waals surface area contributed by atoms with E-state index in [9.17, 15) is 4.79 Å². The van der Waals surface area contributed by atoms with Gasteiger partial charge < -0.3 is 9.88 Å². The summed E-state index contributed by atoms with van der Waals surface area (Å²) in [6.07, 6.45) is 4.74. The van der Waals surface area contributed by atoms with E-state index in [1.807, 2.05) is 30.7 Å². The van der Waals surface area contributed by atoms with Crippen LogP contribution in [0.15, 0.2) is 40.2 Å². The lowest BCUT2D eigenvalue weighted by Crippen LogP contribution is -2.52. The number of hydrogen-bond acceptors (Lipinski definition) is 4. The molecule has 7 heteroatoms. The number of carbonyl (C=O) groups is 1. The molecule has 1 aliphatic rings. The topological polar surface area (TPSA) is 59.8 Å². The van der Waals surface area contributed by atoms with Gasteiger partial charge in [0.05, 0.1) is 10.8 Å². The van der Waals surface area contributed by atoms with Crippen molar-refractivity contribution in [2.24, 2.45) is 7.05 Å². The Balaban J connectivity index is 1.71. The van der Waals surface area contributed by atoms with Gasteiger partial charge in [0, 0.05) is 11.5 Å². The summed E-state index contributed by atoms with van der Waals surface area (Å²) >= 11 is 4.94. The second-order valence-corrected chi connectivity index (χ2v) is 8.14. The molecule has 0 spiro atoms. The molecule has 1 saturated carbocycles. The maximum atomic E-state index is 12.6. The van der Waals surface area contributed by atoms with E-state index in [1.54, 1.807) is 6.33 Å². The summed E-state index contributed by atoms with van der Waals surface area (Å²) in [5, 5.41) is 11.7. The Morgan fingerprint density at radius 1 is 1.48 bits per heavy atom. The highest BCUT2D eigenvalue weighted by molar-refractivity contribution is 9.10. The molecule has 0 radical (unpaired) electrons. The summed E-state index contributed by atoms with van der Waals surface area (Å²) in [4.78, 5) is 12.6. The summed E-state index contributed by atoms with van der Waals surface area (Å²) < 4.78 is 2.86. The van der Waals surface area contributed by atoms with Gasteiger partial charge in [0.25, 0.3) is 0 Å². The van der Waals surface area contributed by atoms with Gasteiger partial charge in [0.1, 0.15) is 6.33 Å². The van der Waals surface area contributed by atoms with E-state index in [1.165, 1.54) is 17.3 Å². The van der Waals surface area contributed by atoms with Crippen LogP contribution in [0.25, 0.3) is 0 Å². The number of benzene rings is 1. The van der Waals surface area contributed by atoms with Crippen molar-refractivity contribution in [1.82, 2.24) is 20.1 Å². The molecule has 0 aliphatic heterocycles. The van der Waals surface area contributed by atoms with E-state index in [2.05, 4.69) is 43.6 Å². The van der Waals surface area contributed by atoms with Crippen LogP contribution in [0.2, 0.25) is 0 Å². The number of hydrogen-bond donors (Lipinski definition) is 1. The zero-order chi connectivity index (χ0) is 16.4. The van der Waals surface area contributed by atoms with Crippen LogP contribution in [0.3, 0.4) is 0 Å². The number of amides is 1. The largest absolute Gasteiger partial charge is 0.346 e. The van der Waals surface area contributed by atoms with Crippen molar-refractivity contribution in [2.45, 2.75) is 42.1 Å². The number of nitrogens with zero attached hydrogens (tertiary/aromatic N) is 3. The maximum absolute atomic E-state index is 12.6. The zero-order valence-electron chi connectivity index (χ0n) is 13.1. The molecule has 1 heterocycles. The first-order chi connectivity index (χ1) is 11.0. The number of nitrogens with one attached hydrogen (secondary N) is 1. The lowest BCUT2D eigenvalue weighted by molar-refractivity contribution is -0.123. The highest BCUT2D eigenvalue weighted by atomic mass is 79.9. The minimum Gasteiger partial charge on any atom is -0.346 e. The first-order valence-corrected chi connectivity index (χ1v) is 9.26. The van der Waals surface area contributed by atoms with Gasteiger partial charge in [0.15, 0.2) is 5.16 Å². The van der Waals surface area contributed by atoms with Crippen molar-refractivity contribution in [2.75, 3.05) is 0 Å². The molecule has 5 nitrogen and oxygen atoms in total. The number of halogens is 1. The summed E-state index contributed by atoms with van der Waals surface area (Å²) in [7, 11) is 1.88. The second-order valence-electron chi connectivity index (χ2n) is 5.92. The molecule has 0 saturated heterocycles. The molecule has 0 bridgehead atoms. The Morgan fingerprint density at radius 3 is 2.83 bits per heavy atom. The van der Waals surface area contributed by atoms with E-state index in [-0.39, 0.29) is 16.7 Å². The van der Waals surface area contributed by atoms with Crippen molar-refractivity contribution in [3.63, 3.8) is 0 Å². The van der Waals surface area contributed by atoms with E-state index in [4.69, 9.17) is 0 Å². The molecule has 122 valence electrons. The molecule has 1 amide bonds. The highest BCUT2D eigenvalue weighted by Gasteiger charge is 2.41. The van der Waals surface area contributed by atoms with Gasteiger partial charge in [-0.15, -0.1) is 10.2 Å². The van der Waals surface area contributed by atoms with Gasteiger partial charge in [-0.3, -0.25) is 4.79 Å². The smallest absolute Gasteiger partial charge is 0.234 e. The highest BCUT2D eigenvalue weighted by Crippen LogP contribution is 2.42. The van der Waals surface area contributed by atoms with Crippen molar-refractivity contribution in [3.8, 4) is 0 Å². The molecular formula is C16H19BrN4OS. The van der Waals surface area contributed by atoms with Crippen LogP contribution in [0.1, 0.15) is 31.7 Å². The molecule has 0 unspecified atom stereocenters. The fourth-order valence-electron chi connectivity index (χ4n) is 2.73. The van der Waals surface area contributed by atoms with Crippen LogP contribution in [0.4, 0.5) is 0 Å². The van der Waals surface area contributed by atoms with Crippen molar-refractivity contribution >= 4 is 33.6 Å². The summed E-state index contributed by atoms with van der Waals surface area (Å²) in [6.45, 7) is 1.90. The number of aryl methyl sites for hydroxylation is 1. The Hall–Kier alpha value is -1.34. The standard InChI is InChI=1S/C16H19BrN4OS/c1-11(23-15-20-18-10-21(15)2)14(22)19-16(7-4-8-16)12-5-3-6-13(17)9-12/h3,5-6,9-11H,4,7-8H2,1-2H3,(H,19,22)/t11-/m1/s1. The van der Waals surface area contributed by atoms with Gasteiger partial charge in [-0.1, -0.05) is 39.8 Å². The lowest BCUT2D eigenvalue weighted by Gasteiger charge is -2.43. The number of carbonyl (C=O) groups excluding carboxylic acids is 1. The van der Waals surface area contributed by atoms with Crippen LogP contribution in [-0.2, 0) is 17.4 Å². The zero-order valence-corrected chi connectivity index (χ0v) is 15.5. The lowest BCUT2D eigenvalue weighted by atomic mass is 9.71. The molecule has 3 rings (SSSR count). The normalized spacial score (nSPS) is 17.3. The van der Waals surface area contributed by atoms with Crippen LogP contribution in [0, 0.1) is 0 Å². The number of rotatable bonds is 5. The number of thioether (sulfide) groups is 1. The first-order valence-electron chi connectivity index (χ1n) is 7.59. The predicted molar refractivity (Wildman–Crippen MR) is 94.1 cm³/mol. The van der Waals surface area contributed by atoms with Gasteiger partial charge >= 0.3 is 0 Å². The average Bonchev–Trinajstić information content (AvgIpc) is 2.88. The second kappa shape index (κ2) is 6.65. The molecule has 23 heavy (non-hydrogen) atoms. The van der Waals surface area contributed by atoms with Crippen molar-refractivity contribution in [3.05, 3.63) is 40.6 Å². The molecule has 1 fully saturated rings. The maximum Gasteiger partial charge on any atom is 0.234 e. The summed E-state index contributed by atoms with van der Waals surface area (Å²) in [6, 6.07) is 8.21. The van der Waals surface area contributed by atoms with Gasteiger partial charge in [-0.05, 0) is 43.9 Å². The average molecular weight is 395 g/mol. The van der Waals surface area contributed by atoms with Crippen LogP contribution in [-0.4, -0.2) is 25.9 Å². The van der Waals surface area contributed by atoms with Crippen LogP contribution >= 0.6 is 27.7 Å². The molecule has 1 aliphatic carbocycles. The summed E-state index contributed by atoms with van der Waals surface area (Å²) in [5.41, 5.74) is 0.942. The Bertz CT molecular complexity index is 714. The van der Waals surface area contributed by atoms with Crippen molar-refractivity contribution in [1.29, 1.82) is 0 Å². The first kappa shape index (κ1) is 16.5. The molecule has 1 aromatic heterocycles. The third-order valence-electron chi connectivity index (χ3n) is 4.27. The molecule has 1 aromatic carbocycles. The van der Waals surface area contributed by atoms with Crippen LogP contribution < -0.4 is 5.32 Å². The third kappa shape index (κ3) is 3.45. The van der Waals surface area contributed by atoms with Crippen molar-refractivity contribution < 1.29 is 4.79 Å². The van der Waals surface area contributed by atoms with Crippen LogP contribution in [0.5, 0.6) is 0 Å². The third-order valence-corrected chi connectivity index (χ3v) is 5.91. The molecule has 2 aromatic rings. The molecular weight excluding hydrogens is 376 g/mol. The fraction of sp³-hybridized carbons (Fsp3) is 0.438.